The van der Waals surface area contributed by atoms with Crippen LogP contribution in [0, 0.1) is 5.41 Å². The van der Waals surface area contributed by atoms with Crippen LogP contribution < -0.4 is 15.8 Å². The molecule has 0 bridgehead atoms. The van der Waals surface area contributed by atoms with Crippen LogP contribution in [0.3, 0.4) is 0 Å². The third-order valence-corrected chi connectivity index (χ3v) is 4.32. The molecule has 0 radical (unpaired) electrons. The number of carboxylic acid groups (broad SMARTS) is 1. The molecule has 4 N–H and O–H groups in total. The van der Waals surface area contributed by atoms with E-state index in [1.807, 2.05) is 0 Å². The van der Waals surface area contributed by atoms with Crippen molar-refractivity contribution in [1.82, 2.24) is 10.3 Å². The average molecular weight is 291 g/mol. The fraction of sp³-hybridized carbons (Fsp3) is 0.500. The van der Waals surface area contributed by atoms with Crippen molar-refractivity contribution in [1.29, 1.82) is 0 Å². The standard InChI is InChI=1S/C14H17N3O4/c15-11(18)10-2-1-3-16-12(10)21-9-6-14(7-9)4-8(5-14)17-13(19)20/h1-3,8-9,17H,4-7H2,(H2,15,18)(H,19,20). The van der Waals surface area contributed by atoms with E-state index < -0.39 is 12.0 Å². The smallest absolute Gasteiger partial charge is 0.404 e. The summed E-state index contributed by atoms with van der Waals surface area (Å²) in [5, 5.41) is 11.1. The maximum Gasteiger partial charge on any atom is 0.404 e. The summed E-state index contributed by atoms with van der Waals surface area (Å²) in [5.74, 6) is -0.272. The van der Waals surface area contributed by atoms with E-state index in [2.05, 4.69) is 10.3 Å². The van der Waals surface area contributed by atoms with Crippen LogP contribution in [0.2, 0.25) is 0 Å². The van der Waals surface area contributed by atoms with Crippen LogP contribution in [0.15, 0.2) is 18.3 Å². The molecule has 0 unspecified atom stereocenters. The second kappa shape index (κ2) is 4.91. The molecule has 0 aromatic carbocycles. The highest BCUT2D eigenvalue weighted by Gasteiger charge is 2.54. The number of hydrogen-bond acceptors (Lipinski definition) is 4. The number of amides is 2. The van der Waals surface area contributed by atoms with E-state index in [4.69, 9.17) is 15.6 Å². The first-order valence-corrected chi connectivity index (χ1v) is 6.88. The molecule has 2 amide bonds. The van der Waals surface area contributed by atoms with Crippen molar-refractivity contribution in [3.8, 4) is 5.88 Å². The monoisotopic (exact) mass is 291 g/mol. The Labute approximate surface area is 121 Å². The number of primary amides is 1. The number of nitrogens with two attached hydrogens (primary N) is 1. The number of pyridine rings is 1. The molecule has 2 aliphatic rings. The van der Waals surface area contributed by atoms with Crippen LogP contribution in [-0.2, 0) is 0 Å². The van der Waals surface area contributed by atoms with Crippen LogP contribution in [0.1, 0.15) is 36.0 Å². The van der Waals surface area contributed by atoms with Gasteiger partial charge < -0.3 is 20.9 Å². The molecule has 3 rings (SSSR count). The Morgan fingerprint density at radius 1 is 1.38 bits per heavy atom. The van der Waals surface area contributed by atoms with Gasteiger partial charge in [-0.2, -0.15) is 0 Å². The lowest BCUT2D eigenvalue weighted by molar-refractivity contribution is -0.0851. The zero-order valence-electron chi connectivity index (χ0n) is 11.4. The largest absolute Gasteiger partial charge is 0.474 e. The predicted molar refractivity (Wildman–Crippen MR) is 73.0 cm³/mol. The molecule has 112 valence electrons. The van der Waals surface area contributed by atoms with E-state index in [1.54, 1.807) is 18.3 Å². The van der Waals surface area contributed by atoms with Gasteiger partial charge in [0, 0.05) is 12.2 Å². The third kappa shape index (κ3) is 2.63. The fourth-order valence-corrected chi connectivity index (χ4v) is 3.42. The Balaban J connectivity index is 1.52. The molecular formula is C14H17N3O4. The highest BCUT2D eigenvalue weighted by molar-refractivity contribution is 5.94. The summed E-state index contributed by atoms with van der Waals surface area (Å²) in [6.07, 6.45) is 4.03. The van der Waals surface area contributed by atoms with E-state index >= 15 is 0 Å². The molecule has 1 aromatic rings. The van der Waals surface area contributed by atoms with Gasteiger partial charge in [-0.15, -0.1) is 0 Å². The van der Waals surface area contributed by atoms with Gasteiger partial charge in [-0.25, -0.2) is 9.78 Å². The van der Waals surface area contributed by atoms with Crippen molar-refractivity contribution in [3.63, 3.8) is 0 Å². The number of ether oxygens (including phenoxy) is 1. The van der Waals surface area contributed by atoms with E-state index in [9.17, 15) is 9.59 Å². The van der Waals surface area contributed by atoms with Crippen molar-refractivity contribution in [2.75, 3.05) is 0 Å². The SMILES string of the molecule is NC(=O)c1cccnc1OC1CC2(CC(NC(=O)O)C2)C1. The first-order chi connectivity index (χ1) is 9.97. The highest BCUT2D eigenvalue weighted by Crippen LogP contribution is 2.56. The van der Waals surface area contributed by atoms with Gasteiger partial charge in [0.15, 0.2) is 0 Å². The lowest BCUT2D eigenvalue weighted by Crippen LogP contribution is -2.58. The first-order valence-electron chi connectivity index (χ1n) is 6.88. The van der Waals surface area contributed by atoms with Gasteiger partial charge in [-0.05, 0) is 43.2 Å². The van der Waals surface area contributed by atoms with Gasteiger partial charge in [0.25, 0.3) is 5.91 Å². The van der Waals surface area contributed by atoms with Crippen molar-refractivity contribution in [2.45, 2.75) is 37.8 Å². The Kier molecular flexibility index (Phi) is 3.19. The lowest BCUT2D eigenvalue weighted by Gasteiger charge is -2.56. The maximum absolute atomic E-state index is 11.3. The molecule has 7 heteroatoms. The molecule has 0 aliphatic heterocycles. The van der Waals surface area contributed by atoms with Crippen LogP contribution in [0.5, 0.6) is 5.88 Å². The molecule has 21 heavy (non-hydrogen) atoms. The zero-order chi connectivity index (χ0) is 15.0. The molecule has 1 spiro atoms. The molecule has 2 fully saturated rings. The second-order valence-electron chi connectivity index (χ2n) is 5.92. The average Bonchev–Trinajstić information content (AvgIpc) is 2.33. The molecule has 7 nitrogen and oxygen atoms in total. The van der Waals surface area contributed by atoms with Gasteiger partial charge in [-0.1, -0.05) is 0 Å². The minimum absolute atomic E-state index is 0.0174. The van der Waals surface area contributed by atoms with Gasteiger partial charge in [0.05, 0.1) is 0 Å². The molecular weight excluding hydrogens is 274 g/mol. The Hall–Kier alpha value is -2.31. The quantitative estimate of drug-likeness (QED) is 0.769. The zero-order valence-corrected chi connectivity index (χ0v) is 11.4. The topological polar surface area (TPSA) is 115 Å². The third-order valence-electron chi connectivity index (χ3n) is 4.32. The number of nitrogens with one attached hydrogen (secondary N) is 1. The summed E-state index contributed by atoms with van der Waals surface area (Å²) < 4.78 is 5.74. The minimum atomic E-state index is -0.971. The van der Waals surface area contributed by atoms with Crippen molar-refractivity contribution in [3.05, 3.63) is 23.9 Å². The van der Waals surface area contributed by atoms with Crippen LogP contribution in [0.4, 0.5) is 4.79 Å². The number of carbonyl (C=O) groups is 2. The summed E-state index contributed by atoms with van der Waals surface area (Å²) in [6, 6.07) is 3.29. The van der Waals surface area contributed by atoms with Crippen LogP contribution >= 0.6 is 0 Å². The lowest BCUT2D eigenvalue weighted by atomic mass is 9.53. The summed E-state index contributed by atoms with van der Waals surface area (Å²) >= 11 is 0. The Morgan fingerprint density at radius 2 is 2.10 bits per heavy atom. The van der Waals surface area contributed by atoms with Crippen LogP contribution in [0.25, 0.3) is 0 Å². The summed E-state index contributed by atoms with van der Waals surface area (Å²) in [7, 11) is 0. The van der Waals surface area contributed by atoms with Crippen molar-refractivity contribution in [2.24, 2.45) is 11.1 Å². The molecule has 1 heterocycles. The fourth-order valence-electron chi connectivity index (χ4n) is 3.42. The molecule has 2 aliphatic carbocycles. The van der Waals surface area contributed by atoms with Gasteiger partial charge in [0.2, 0.25) is 5.88 Å². The van der Waals surface area contributed by atoms with E-state index in [1.165, 1.54) is 0 Å². The van der Waals surface area contributed by atoms with E-state index in [0.29, 0.717) is 0 Å². The van der Waals surface area contributed by atoms with Crippen LogP contribution in [-0.4, -0.2) is 34.2 Å². The highest BCUT2D eigenvalue weighted by atomic mass is 16.5. The number of carbonyl (C=O) groups excluding carboxylic acids is 1. The molecule has 2 saturated carbocycles. The van der Waals surface area contributed by atoms with Crippen molar-refractivity contribution < 1.29 is 19.4 Å². The Bertz CT molecular complexity index is 575. The van der Waals surface area contributed by atoms with Gasteiger partial charge >= 0.3 is 6.09 Å². The number of hydrogen-bond donors (Lipinski definition) is 3. The van der Waals surface area contributed by atoms with E-state index in [0.717, 1.165) is 25.7 Å². The molecule has 1 aromatic heterocycles. The Morgan fingerprint density at radius 3 is 2.71 bits per heavy atom. The molecule has 0 atom stereocenters. The summed E-state index contributed by atoms with van der Waals surface area (Å²) in [5.41, 5.74) is 5.77. The second-order valence-corrected chi connectivity index (χ2v) is 5.92. The van der Waals surface area contributed by atoms with Crippen molar-refractivity contribution >= 4 is 12.0 Å². The van der Waals surface area contributed by atoms with Gasteiger partial charge in [-0.3, -0.25) is 4.79 Å². The summed E-state index contributed by atoms with van der Waals surface area (Å²) in [4.78, 5) is 25.9. The number of nitrogens with zero attached hydrogens (tertiary/aromatic N) is 1. The predicted octanol–water partition coefficient (Wildman–Crippen LogP) is 1.14. The minimum Gasteiger partial charge on any atom is -0.474 e. The first kappa shape index (κ1) is 13.7. The number of rotatable bonds is 4. The maximum atomic E-state index is 11.3. The van der Waals surface area contributed by atoms with E-state index in [-0.39, 0.29) is 29.0 Å². The van der Waals surface area contributed by atoms with Gasteiger partial charge in [0.1, 0.15) is 11.7 Å². The number of aromatic nitrogens is 1. The normalized spacial score (nSPS) is 30.1. The summed E-state index contributed by atoms with van der Waals surface area (Å²) in [6.45, 7) is 0. The molecule has 0 saturated heterocycles.